The normalized spacial score (nSPS) is 16.0. The summed E-state index contributed by atoms with van der Waals surface area (Å²) in [7, 11) is 2.04. The van der Waals surface area contributed by atoms with Crippen LogP contribution in [0.4, 0.5) is 0 Å². The number of aliphatic hydroxyl groups is 1. The highest BCUT2D eigenvalue weighted by atomic mass is 32.1. The van der Waals surface area contributed by atoms with Gasteiger partial charge in [0.2, 0.25) is 0 Å². The third-order valence-corrected chi connectivity index (χ3v) is 4.25. The Morgan fingerprint density at radius 3 is 2.50 bits per heavy atom. The van der Waals surface area contributed by atoms with E-state index in [9.17, 15) is 5.11 Å². The maximum atomic E-state index is 9.98. The molecule has 1 aromatic rings. The number of likely N-dealkylation sites (N-methyl/N-ethyl adjacent to an activating group) is 1. The lowest BCUT2D eigenvalue weighted by Gasteiger charge is -2.35. The van der Waals surface area contributed by atoms with E-state index >= 15 is 0 Å². The highest BCUT2D eigenvalue weighted by molar-refractivity contribution is 7.10. The quantitative estimate of drug-likeness (QED) is 0.835. The van der Waals surface area contributed by atoms with Crippen molar-refractivity contribution in [3.05, 3.63) is 21.9 Å². The summed E-state index contributed by atoms with van der Waals surface area (Å²) in [5, 5.41) is 12.1. The summed E-state index contributed by atoms with van der Waals surface area (Å²) in [5.74, 6) is 0. The van der Waals surface area contributed by atoms with Crippen molar-refractivity contribution < 1.29 is 5.11 Å². The van der Waals surface area contributed by atoms with Crippen molar-refractivity contribution in [1.82, 2.24) is 4.90 Å². The molecule has 0 saturated heterocycles. The first-order valence-electron chi connectivity index (χ1n) is 6.48. The van der Waals surface area contributed by atoms with Crippen LogP contribution in [-0.2, 0) is 0 Å². The molecule has 0 fully saturated rings. The van der Waals surface area contributed by atoms with Crippen LogP contribution in [0.5, 0.6) is 0 Å². The van der Waals surface area contributed by atoms with Crippen LogP contribution in [0, 0.1) is 6.92 Å². The Kier molecular flexibility index (Phi) is 5.34. The molecule has 104 valence electrons. The van der Waals surface area contributed by atoms with Crippen LogP contribution >= 0.6 is 11.3 Å². The van der Waals surface area contributed by atoms with Crippen LogP contribution in [0.1, 0.15) is 43.7 Å². The number of rotatable bonds is 6. The number of nitrogens with two attached hydrogens (primary N) is 1. The molecular weight excluding hydrogens is 244 g/mol. The predicted octanol–water partition coefficient (Wildman–Crippen LogP) is 2.54. The zero-order chi connectivity index (χ0) is 13.9. The summed E-state index contributed by atoms with van der Waals surface area (Å²) in [5.41, 5.74) is 6.87. The Morgan fingerprint density at radius 1 is 1.50 bits per heavy atom. The summed E-state index contributed by atoms with van der Waals surface area (Å²) in [6.07, 6.45) is 0.929. The number of nitrogens with zero attached hydrogens (tertiary/aromatic N) is 1. The fourth-order valence-corrected chi connectivity index (χ4v) is 3.51. The molecule has 0 spiro atoms. The fourth-order valence-electron chi connectivity index (χ4n) is 2.34. The van der Waals surface area contributed by atoms with Crippen LogP contribution < -0.4 is 5.73 Å². The van der Waals surface area contributed by atoms with Gasteiger partial charge in [-0.05, 0) is 51.2 Å². The van der Waals surface area contributed by atoms with Crippen LogP contribution in [0.15, 0.2) is 11.4 Å². The number of aryl methyl sites for hydroxylation is 1. The van der Waals surface area contributed by atoms with Crippen LogP contribution in [0.3, 0.4) is 0 Å². The molecule has 0 aliphatic heterocycles. The van der Waals surface area contributed by atoms with Gasteiger partial charge in [0.05, 0.1) is 11.6 Å². The summed E-state index contributed by atoms with van der Waals surface area (Å²) in [6, 6.07) is 2.41. The van der Waals surface area contributed by atoms with E-state index in [1.165, 1.54) is 10.4 Å². The van der Waals surface area contributed by atoms with Crippen LogP contribution in [0.2, 0.25) is 0 Å². The minimum Gasteiger partial charge on any atom is -0.389 e. The van der Waals surface area contributed by atoms with E-state index in [-0.39, 0.29) is 12.1 Å². The van der Waals surface area contributed by atoms with Gasteiger partial charge in [-0.1, -0.05) is 6.92 Å². The third-order valence-electron chi connectivity index (χ3n) is 3.16. The van der Waals surface area contributed by atoms with E-state index in [2.05, 4.69) is 30.2 Å². The Hall–Kier alpha value is -0.420. The largest absolute Gasteiger partial charge is 0.389 e. The molecule has 0 radical (unpaired) electrons. The molecule has 0 amide bonds. The molecule has 0 aromatic carbocycles. The molecule has 18 heavy (non-hydrogen) atoms. The minimum absolute atomic E-state index is 0.0923. The Labute approximate surface area is 115 Å². The van der Waals surface area contributed by atoms with Gasteiger partial charge in [0, 0.05) is 17.5 Å². The molecule has 0 bridgehead atoms. The molecule has 2 unspecified atom stereocenters. The lowest BCUT2D eigenvalue weighted by Crippen LogP contribution is -2.44. The average molecular weight is 270 g/mol. The first kappa shape index (κ1) is 15.6. The van der Waals surface area contributed by atoms with Gasteiger partial charge in [0.25, 0.3) is 0 Å². The van der Waals surface area contributed by atoms with E-state index in [0.717, 1.165) is 6.42 Å². The highest BCUT2D eigenvalue weighted by Gasteiger charge is 2.28. The molecule has 0 aliphatic rings. The Morgan fingerprint density at radius 2 is 2.11 bits per heavy atom. The van der Waals surface area contributed by atoms with Gasteiger partial charge in [0.1, 0.15) is 0 Å². The van der Waals surface area contributed by atoms with E-state index in [4.69, 9.17) is 5.73 Å². The maximum Gasteiger partial charge on any atom is 0.0718 e. The van der Waals surface area contributed by atoms with Gasteiger partial charge in [-0.3, -0.25) is 4.90 Å². The molecule has 3 nitrogen and oxygen atoms in total. The Bertz CT molecular complexity index is 370. The monoisotopic (exact) mass is 270 g/mol. The second-order valence-corrected chi connectivity index (χ2v) is 6.66. The number of hydrogen-bond donors (Lipinski definition) is 2. The summed E-state index contributed by atoms with van der Waals surface area (Å²) < 4.78 is 0. The molecular formula is C14H26N2OS. The van der Waals surface area contributed by atoms with Crippen molar-refractivity contribution >= 4 is 11.3 Å². The smallest absolute Gasteiger partial charge is 0.0718 e. The molecule has 1 heterocycles. The van der Waals surface area contributed by atoms with E-state index in [1.807, 2.05) is 20.9 Å². The van der Waals surface area contributed by atoms with Crippen molar-refractivity contribution in [3.8, 4) is 0 Å². The SMILES string of the molecule is CCC(N)C(c1sccc1C)N(C)CC(C)(C)O. The van der Waals surface area contributed by atoms with Crippen LogP contribution in [0.25, 0.3) is 0 Å². The lowest BCUT2D eigenvalue weighted by molar-refractivity contribution is 0.0271. The van der Waals surface area contributed by atoms with Crippen molar-refractivity contribution in [2.24, 2.45) is 5.73 Å². The zero-order valence-electron chi connectivity index (χ0n) is 12.1. The second-order valence-electron chi connectivity index (χ2n) is 5.71. The van der Waals surface area contributed by atoms with Crippen molar-refractivity contribution in [2.45, 2.75) is 51.8 Å². The first-order chi connectivity index (χ1) is 8.26. The standard InChI is InChI=1S/C14H26N2OS/c1-6-11(15)12(13-10(2)7-8-18-13)16(5)9-14(3,4)17/h7-8,11-12,17H,6,9,15H2,1-5H3. The van der Waals surface area contributed by atoms with Gasteiger partial charge in [-0.15, -0.1) is 11.3 Å². The van der Waals surface area contributed by atoms with E-state index in [1.54, 1.807) is 11.3 Å². The minimum atomic E-state index is -0.703. The average Bonchev–Trinajstić information content (AvgIpc) is 2.62. The van der Waals surface area contributed by atoms with Gasteiger partial charge >= 0.3 is 0 Å². The summed E-state index contributed by atoms with van der Waals surface area (Å²) in [6.45, 7) is 8.51. The van der Waals surface area contributed by atoms with Crippen LogP contribution in [-0.4, -0.2) is 35.2 Å². The van der Waals surface area contributed by atoms with Crippen molar-refractivity contribution in [1.29, 1.82) is 0 Å². The van der Waals surface area contributed by atoms with Gasteiger partial charge in [-0.25, -0.2) is 0 Å². The molecule has 3 N–H and O–H groups in total. The highest BCUT2D eigenvalue weighted by Crippen LogP contribution is 2.31. The summed E-state index contributed by atoms with van der Waals surface area (Å²) >= 11 is 1.75. The van der Waals surface area contributed by atoms with E-state index in [0.29, 0.717) is 6.54 Å². The van der Waals surface area contributed by atoms with Gasteiger partial charge in [0.15, 0.2) is 0 Å². The van der Waals surface area contributed by atoms with Gasteiger partial charge < -0.3 is 10.8 Å². The zero-order valence-corrected chi connectivity index (χ0v) is 12.9. The molecule has 1 aromatic heterocycles. The fraction of sp³-hybridized carbons (Fsp3) is 0.714. The lowest BCUT2D eigenvalue weighted by atomic mass is 9.99. The van der Waals surface area contributed by atoms with Gasteiger partial charge in [-0.2, -0.15) is 0 Å². The number of hydrogen-bond acceptors (Lipinski definition) is 4. The topological polar surface area (TPSA) is 49.5 Å². The molecule has 1 rings (SSSR count). The van der Waals surface area contributed by atoms with Crippen molar-refractivity contribution in [3.63, 3.8) is 0 Å². The number of thiophene rings is 1. The van der Waals surface area contributed by atoms with E-state index < -0.39 is 5.60 Å². The van der Waals surface area contributed by atoms with Crippen molar-refractivity contribution in [2.75, 3.05) is 13.6 Å². The second kappa shape index (κ2) is 6.15. The molecule has 2 atom stereocenters. The summed E-state index contributed by atoms with van der Waals surface area (Å²) in [4.78, 5) is 3.49. The molecule has 4 heteroatoms. The molecule has 0 saturated carbocycles. The maximum absolute atomic E-state index is 9.98. The molecule has 0 aliphatic carbocycles. The Balaban J connectivity index is 2.96. The third kappa shape index (κ3) is 4.05. The first-order valence-corrected chi connectivity index (χ1v) is 7.36. The predicted molar refractivity (Wildman–Crippen MR) is 79.0 cm³/mol.